The van der Waals surface area contributed by atoms with Crippen LogP contribution in [0.3, 0.4) is 0 Å². The second-order valence-electron chi connectivity index (χ2n) is 2.42. The molecule has 1 aliphatic rings. The van der Waals surface area contributed by atoms with Crippen LogP contribution in [0.25, 0.3) is 0 Å². The van der Waals surface area contributed by atoms with Crippen molar-refractivity contribution >= 4 is 27.3 Å². The average Bonchev–Trinajstić information content (AvgIpc) is 2.58. The van der Waals surface area contributed by atoms with Crippen LogP contribution in [0, 0.1) is 0 Å². The molecular weight excluding hydrogens is 196 g/mol. The molecule has 2 heteroatoms. The monoisotopic (exact) mass is 202 g/mol. The second-order valence-corrected chi connectivity index (χ2v) is 4.91. The molecule has 0 nitrogen and oxygen atoms in total. The highest BCUT2D eigenvalue weighted by atomic mass is 79.9. The lowest BCUT2D eigenvalue weighted by atomic mass is 10.3. The summed E-state index contributed by atoms with van der Waals surface area (Å²) >= 11 is 5.32. The lowest BCUT2D eigenvalue weighted by Crippen LogP contribution is -1.62. The third kappa shape index (κ3) is 1.19. The first-order chi connectivity index (χ1) is 4.36. The molecule has 0 saturated heterocycles. The highest BCUT2D eigenvalue weighted by molar-refractivity contribution is 9.11. The normalized spacial score (nSPS) is 18.3. The summed E-state index contributed by atoms with van der Waals surface area (Å²) in [5, 5.41) is 0. The third-order valence-electron chi connectivity index (χ3n) is 1.57. The fourth-order valence-electron chi connectivity index (χ4n) is 0.916. The fourth-order valence-corrected chi connectivity index (χ4v) is 2.51. The van der Waals surface area contributed by atoms with Gasteiger partial charge in [-0.1, -0.05) is 0 Å². The molecule has 1 saturated carbocycles. The van der Waals surface area contributed by atoms with E-state index in [9.17, 15) is 0 Å². The molecule has 0 bridgehead atoms. The van der Waals surface area contributed by atoms with Crippen LogP contribution in [0.2, 0.25) is 0 Å². The van der Waals surface area contributed by atoms with Crippen molar-refractivity contribution in [2.75, 3.05) is 0 Å². The smallest absolute Gasteiger partial charge is 0.0701 e. The molecule has 0 aromatic carbocycles. The van der Waals surface area contributed by atoms with Crippen LogP contribution in [-0.2, 0) is 0 Å². The molecular formula is C7H7BrS. The molecule has 48 valence electrons. The molecule has 0 atom stereocenters. The topological polar surface area (TPSA) is 0 Å². The van der Waals surface area contributed by atoms with Crippen molar-refractivity contribution in [3.05, 3.63) is 20.8 Å². The van der Waals surface area contributed by atoms with E-state index in [0.29, 0.717) is 0 Å². The zero-order chi connectivity index (χ0) is 6.27. The summed E-state index contributed by atoms with van der Waals surface area (Å²) in [7, 11) is 0. The van der Waals surface area contributed by atoms with E-state index in [1.54, 1.807) is 4.88 Å². The maximum Gasteiger partial charge on any atom is 0.0701 e. The fraction of sp³-hybridized carbons (Fsp3) is 0.429. The Labute approximate surface area is 67.0 Å². The molecule has 1 aromatic rings. The number of rotatable bonds is 1. The minimum Gasteiger partial charge on any atom is -0.133 e. The van der Waals surface area contributed by atoms with Gasteiger partial charge in [-0.05, 0) is 46.8 Å². The SMILES string of the molecule is Brc1ccc(C2CC2)s1. The first-order valence-electron chi connectivity index (χ1n) is 3.11. The van der Waals surface area contributed by atoms with E-state index >= 15 is 0 Å². The average molecular weight is 203 g/mol. The molecule has 1 aliphatic carbocycles. The van der Waals surface area contributed by atoms with Gasteiger partial charge in [-0.2, -0.15) is 0 Å². The molecule has 0 amide bonds. The van der Waals surface area contributed by atoms with E-state index < -0.39 is 0 Å². The van der Waals surface area contributed by atoms with Gasteiger partial charge in [0.05, 0.1) is 3.79 Å². The Hall–Kier alpha value is 0.180. The van der Waals surface area contributed by atoms with Gasteiger partial charge in [-0.15, -0.1) is 11.3 Å². The van der Waals surface area contributed by atoms with Gasteiger partial charge in [0.25, 0.3) is 0 Å². The molecule has 0 aliphatic heterocycles. The zero-order valence-corrected chi connectivity index (χ0v) is 7.33. The summed E-state index contributed by atoms with van der Waals surface area (Å²) in [6.45, 7) is 0. The molecule has 1 heterocycles. The predicted octanol–water partition coefficient (Wildman–Crippen LogP) is 3.39. The number of halogens is 1. The van der Waals surface area contributed by atoms with Crippen molar-refractivity contribution in [2.45, 2.75) is 18.8 Å². The van der Waals surface area contributed by atoms with E-state index in [1.165, 1.54) is 16.6 Å². The summed E-state index contributed by atoms with van der Waals surface area (Å²) < 4.78 is 1.27. The van der Waals surface area contributed by atoms with E-state index in [4.69, 9.17) is 0 Å². The minimum absolute atomic E-state index is 0.918. The lowest BCUT2D eigenvalue weighted by Gasteiger charge is -1.83. The van der Waals surface area contributed by atoms with Crippen LogP contribution in [0.1, 0.15) is 23.6 Å². The highest BCUT2D eigenvalue weighted by Crippen LogP contribution is 2.43. The number of hydrogen-bond acceptors (Lipinski definition) is 1. The first kappa shape index (κ1) is 5.93. The van der Waals surface area contributed by atoms with Gasteiger partial charge >= 0.3 is 0 Å². The molecule has 2 rings (SSSR count). The van der Waals surface area contributed by atoms with Crippen molar-refractivity contribution in [1.82, 2.24) is 0 Å². The Morgan fingerprint density at radius 1 is 1.44 bits per heavy atom. The molecule has 0 radical (unpaired) electrons. The predicted molar refractivity (Wildman–Crippen MR) is 44.0 cm³/mol. The van der Waals surface area contributed by atoms with Crippen molar-refractivity contribution in [1.29, 1.82) is 0 Å². The van der Waals surface area contributed by atoms with Gasteiger partial charge in [0.2, 0.25) is 0 Å². The van der Waals surface area contributed by atoms with Gasteiger partial charge in [0, 0.05) is 4.88 Å². The van der Waals surface area contributed by atoms with Gasteiger partial charge < -0.3 is 0 Å². The second kappa shape index (κ2) is 2.10. The molecule has 1 fully saturated rings. The maximum absolute atomic E-state index is 3.45. The number of hydrogen-bond donors (Lipinski definition) is 0. The number of thiophene rings is 1. The Morgan fingerprint density at radius 2 is 2.22 bits per heavy atom. The summed E-state index contributed by atoms with van der Waals surface area (Å²) in [5.41, 5.74) is 0. The third-order valence-corrected chi connectivity index (χ3v) is 3.36. The lowest BCUT2D eigenvalue weighted by molar-refractivity contribution is 1.18. The Bertz CT molecular complexity index is 212. The molecule has 0 N–H and O–H groups in total. The Kier molecular flexibility index (Phi) is 1.38. The van der Waals surface area contributed by atoms with Crippen molar-refractivity contribution in [3.8, 4) is 0 Å². The molecule has 0 unspecified atom stereocenters. The van der Waals surface area contributed by atoms with Gasteiger partial charge in [-0.3, -0.25) is 0 Å². The van der Waals surface area contributed by atoms with E-state index in [1.807, 2.05) is 11.3 Å². The van der Waals surface area contributed by atoms with Gasteiger partial charge in [0.1, 0.15) is 0 Å². The maximum atomic E-state index is 3.45. The summed E-state index contributed by atoms with van der Waals surface area (Å²) in [6.07, 6.45) is 2.82. The van der Waals surface area contributed by atoms with Crippen LogP contribution < -0.4 is 0 Å². The van der Waals surface area contributed by atoms with Crippen molar-refractivity contribution < 1.29 is 0 Å². The molecule has 9 heavy (non-hydrogen) atoms. The summed E-state index contributed by atoms with van der Waals surface area (Å²) in [6, 6.07) is 4.37. The summed E-state index contributed by atoms with van der Waals surface area (Å²) in [4.78, 5) is 1.56. The minimum atomic E-state index is 0.918. The van der Waals surface area contributed by atoms with E-state index in [-0.39, 0.29) is 0 Å². The van der Waals surface area contributed by atoms with Crippen molar-refractivity contribution in [2.24, 2.45) is 0 Å². The highest BCUT2D eigenvalue weighted by Gasteiger charge is 2.24. The summed E-state index contributed by atoms with van der Waals surface area (Å²) in [5.74, 6) is 0.918. The van der Waals surface area contributed by atoms with Crippen LogP contribution >= 0.6 is 27.3 Å². The van der Waals surface area contributed by atoms with Crippen LogP contribution in [-0.4, -0.2) is 0 Å². The largest absolute Gasteiger partial charge is 0.133 e. The zero-order valence-electron chi connectivity index (χ0n) is 4.93. The van der Waals surface area contributed by atoms with Crippen LogP contribution in [0.5, 0.6) is 0 Å². The Morgan fingerprint density at radius 3 is 2.67 bits per heavy atom. The first-order valence-corrected chi connectivity index (χ1v) is 4.72. The quantitative estimate of drug-likeness (QED) is 0.656. The van der Waals surface area contributed by atoms with Gasteiger partial charge in [-0.25, -0.2) is 0 Å². The molecule has 0 spiro atoms. The van der Waals surface area contributed by atoms with E-state index in [0.717, 1.165) is 5.92 Å². The van der Waals surface area contributed by atoms with E-state index in [2.05, 4.69) is 28.1 Å². The van der Waals surface area contributed by atoms with Crippen LogP contribution in [0.4, 0.5) is 0 Å². The Balaban J connectivity index is 2.28. The standard InChI is InChI=1S/C7H7BrS/c8-7-4-3-6(9-7)5-1-2-5/h3-5H,1-2H2. The van der Waals surface area contributed by atoms with Gasteiger partial charge in [0.15, 0.2) is 0 Å². The van der Waals surface area contributed by atoms with Crippen molar-refractivity contribution in [3.63, 3.8) is 0 Å². The molecule has 1 aromatic heterocycles. The van der Waals surface area contributed by atoms with Crippen LogP contribution in [0.15, 0.2) is 15.9 Å².